The topological polar surface area (TPSA) is 60.5 Å². The van der Waals surface area contributed by atoms with Gasteiger partial charge < -0.3 is 14.8 Å². The maximum Gasteiger partial charge on any atom is 0.251 e. The van der Waals surface area contributed by atoms with Gasteiger partial charge in [0.25, 0.3) is 5.91 Å². The first kappa shape index (κ1) is 16.0. The SMILES string of the molecule is O=C(NCCc1cscn1)c1ccc(OC[C@H]2CCCO2)cc1. The molecule has 1 amide bonds. The van der Waals surface area contributed by atoms with Gasteiger partial charge in [-0.25, -0.2) is 4.98 Å². The third-order valence-electron chi connectivity index (χ3n) is 3.73. The van der Waals surface area contributed by atoms with Crippen LogP contribution in [0.3, 0.4) is 0 Å². The van der Waals surface area contributed by atoms with Gasteiger partial charge in [0.2, 0.25) is 0 Å². The summed E-state index contributed by atoms with van der Waals surface area (Å²) in [7, 11) is 0. The molecule has 2 heterocycles. The Morgan fingerprint density at radius 3 is 2.96 bits per heavy atom. The van der Waals surface area contributed by atoms with Crippen LogP contribution in [0.2, 0.25) is 0 Å². The van der Waals surface area contributed by atoms with E-state index in [1.54, 1.807) is 29.0 Å². The number of rotatable bonds is 7. The summed E-state index contributed by atoms with van der Waals surface area (Å²) < 4.78 is 11.2. The molecule has 6 heteroatoms. The Bertz CT molecular complexity index is 607. The smallest absolute Gasteiger partial charge is 0.251 e. The molecular formula is C17H20N2O3S. The van der Waals surface area contributed by atoms with Crippen LogP contribution in [0.15, 0.2) is 35.2 Å². The Hall–Kier alpha value is -1.92. The average Bonchev–Trinajstić information content (AvgIpc) is 3.27. The summed E-state index contributed by atoms with van der Waals surface area (Å²) in [6.07, 6.45) is 3.11. The van der Waals surface area contributed by atoms with Gasteiger partial charge in [0, 0.05) is 30.5 Å². The molecule has 1 aliphatic rings. The number of nitrogens with zero attached hydrogens (tertiary/aromatic N) is 1. The number of benzene rings is 1. The second-order valence-electron chi connectivity index (χ2n) is 5.46. The molecule has 0 bridgehead atoms. The Kier molecular flexibility index (Phi) is 5.60. The van der Waals surface area contributed by atoms with Crippen molar-refractivity contribution in [1.29, 1.82) is 0 Å². The molecule has 0 saturated carbocycles. The maximum absolute atomic E-state index is 12.1. The summed E-state index contributed by atoms with van der Waals surface area (Å²) in [4.78, 5) is 16.3. The molecule has 1 saturated heterocycles. The van der Waals surface area contributed by atoms with Crippen molar-refractivity contribution in [3.8, 4) is 5.75 Å². The van der Waals surface area contributed by atoms with Crippen molar-refractivity contribution in [3.63, 3.8) is 0 Å². The van der Waals surface area contributed by atoms with E-state index in [2.05, 4.69) is 10.3 Å². The molecule has 0 unspecified atom stereocenters. The first-order valence-corrected chi connectivity index (χ1v) is 8.75. The minimum Gasteiger partial charge on any atom is -0.491 e. The molecule has 1 atom stereocenters. The van der Waals surface area contributed by atoms with Crippen LogP contribution in [-0.2, 0) is 11.2 Å². The number of aromatic nitrogens is 1. The summed E-state index contributed by atoms with van der Waals surface area (Å²) in [5.74, 6) is 0.686. The standard InChI is InChI=1S/C17H20N2O3S/c20-17(18-8-7-14-11-23-12-19-14)13-3-5-15(6-4-13)22-10-16-2-1-9-21-16/h3-6,11-12,16H,1-2,7-10H2,(H,18,20)/t16-/m1/s1. The molecule has 1 N–H and O–H groups in total. The lowest BCUT2D eigenvalue weighted by atomic mass is 10.2. The molecule has 0 spiro atoms. The van der Waals surface area contributed by atoms with E-state index in [1.807, 2.05) is 17.5 Å². The molecular weight excluding hydrogens is 312 g/mol. The molecule has 3 rings (SSSR count). The monoisotopic (exact) mass is 332 g/mol. The van der Waals surface area contributed by atoms with E-state index < -0.39 is 0 Å². The van der Waals surface area contributed by atoms with Crippen molar-refractivity contribution < 1.29 is 14.3 Å². The molecule has 122 valence electrons. The summed E-state index contributed by atoms with van der Waals surface area (Å²) in [5.41, 5.74) is 3.44. The highest BCUT2D eigenvalue weighted by molar-refractivity contribution is 7.07. The van der Waals surface area contributed by atoms with Crippen molar-refractivity contribution >= 4 is 17.2 Å². The minimum atomic E-state index is -0.0779. The van der Waals surface area contributed by atoms with Crippen LogP contribution in [0, 0.1) is 0 Å². The Labute approximate surface area is 139 Å². The molecule has 1 aromatic heterocycles. The van der Waals surface area contributed by atoms with E-state index in [0.29, 0.717) is 18.7 Å². The lowest BCUT2D eigenvalue weighted by Gasteiger charge is -2.11. The fourth-order valence-electron chi connectivity index (χ4n) is 2.43. The third-order valence-corrected chi connectivity index (χ3v) is 4.36. The maximum atomic E-state index is 12.1. The van der Waals surface area contributed by atoms with Crippen LogP contribution < -0.4 is 10.1 Å². The molecule has 5 nitrogen and oxygen atoms in total. The second kappa shape index (κ2) is 8.08. The fraction of sp³-hybridized carbons (Fsp3) is 0.412. The van der Waals surface area contributed by atoms with E-state index in [1.165, 1.54) is 0 Å². The summed E-state index contributed by atoms with van der Waals surface area (Å²) in [5, 5.41) is 4.89. The molecule has 0 radical (unpaired) electrons. The van der Waals surface area contributed by atoms with E-state index in [0.717, 1.165) is 37.3 Å². The molecule has 1 aliphatic heterocycles. The summed E-state index contributed by atoms with van der Waals surface area (Å²) >= 11 is 1.56. The number of hydrogen-bond donors (Lipinski definition) is 1. The largest absolute Gasteiger partial charge is 0.491 e. The van der Waals surface area contributed by atoms with Gasteiger partial charge in [0.1, 0.15) is 12.4 Å². The Morgan fingerprint density at radius 1 is 1.39 bits per heavy atom. The first-order valence-electron chi connectivity index (χ1n) is 7.81. The highest BCUT2D eigenvalue weighted by Crippen LogP contribution is 2.16. The molecule has 1 fully saturated rings. The van der Waals surface area contributed by atoms with Gasteiger partial charge in [-0.1, -0.05) is 0 Å². The first-order chi connectivity index (χ1) is 11.3. The van der Waals surface area contributed by atoms with Crippen LogP contribution in [0.5, 0.6) is 5.75 Å². The van der Waals surface area contributed by atoms with Crippen LogP contribution in [-0.4, -0.2) is 36.8 Å². The van der Waals surface area contributed by atoms with Crippen molar-refractivity contribution in [1.82, 2.24) is 10.3 Å². The molecule has 0 aliphatic carbocycles. The van der Waals surface area contributed by atoms with Crippen molar-refractivity contribution in [2.75, 3.05) is 19.8 Å². The zero-order valence-corrected chi connectivity index (χ0v) is 13.7. The van der Waals surface area contributed by atoms with Gasteiger partial charge in [-0.15, -0.1) is 11.3 Å². The molecule has 2 aromatic rings. The van der Waals surface area contributed by atoms with E-state index in [9.17, 15) is 4.79 Å². The minimum absolute atomic E-state index is 0.0779. The van der Waals surface area contributed by atoms with Gasteiger partial charge in [-0.2, -0.15) is 0 Å². The quantitative estimate of drug-likeness (QED) is 0.847. The fourth-order valence-corrected chi connectivity index (χ4v) is 3.03. The van der Waals surface area contributed by atoms with E-state index in [4.69, 9.17) is 9.47 Å². The highest BCUT2D eigenvalue weighted by Gasteiger charge is 2.16. The van der Waals surface area contributed by atoms with Crippen molar-refractivity contribution in [3.05, 3.63) is 46.4 Å². The van der Waals surface area contributed by atoms with Gasteiger partial charge in [0.15, 0.2) is 0 Å². The third kappa shape index (κ3) is 4.77. The molecule has 1 aromatic carbocycles. The number of amides is 1. The van der Waals surface area contributed by atoms with Crippen molar-refractivity contribution in [2.45, 2.75) is 25.4 Å². The van der Waals surface area contributed by atoms with Crippen LogP contribution in [0.25, 0.3) is 0 Å². The zero-order valence-electron chi connectivity index (χ0n) is 12.9. The number of thiazole rings is 1. The zero-order chi connectivity index (χ0) is 15.9. The van der Waals surface area contributed by atoms with Gasteiger partial charge in [-0.3, -0.25) is 4.79 Å². The summed E-state index contributed by atoms with van der Waals surface area (Å²) in [6, 6.07) is 7.21. The van der Waals surface area contributed by atoms with Gasteiger partial charge in [-0.05, 0) is 37.1 Å². The number of ether oxygens (including phenoxy) is 2. The van der Waals surface area contributed by atoms with Crippen molar-refractivity contribution in [2.24, 2.45) is 0 Å². The Morgan fingerprint density at radius 2 is 2.26 bits per heavy atom. The number of nitrogens with one attached hydrogen (secondary N) is 1. The predicted octanol–water partition coefficient (Wildman–Crippen LogP) is 2.67. The van der Waals surface area contributed by atoms with Crippen LogP contribution in [0.4, 0.5) is 0 Å². The number of hydrogen-bond acceptors (Lipinski definition) is 5. The van der Waals surface area contributed by atoms with Crippen LogP contribution >= 0.6 is 11.3 Å². The van der Waals surface area contributed by atoms with Crippen LogP contribution in [0.1, 0.15) is 28.9 Å². The Balaban J connectivity index is 1.43. The number of carbonyl (C=O) groups excluding carboxylic acids is 1. The predicted molar refractivity (Wildman–Crippen MR) is 89.1 cm³/mol. The lowest BCUT2D eigenvalue weighted by Crippen LogP contribution is -2.25. The van der Waals surface area contributed by atoms with E-state index >= 15 is 0 Å². The van der Waals surface area contributed by atoms with E-state index in [-0.39, 0.29) is 12.0 Å². The highest BCUT2D eigenvalue weighted by atomic mass is 32.1. The normalized spacial score (nSPS) is 17.1. The summed E-state index contributed by atoms with van der Waals surface area (Å²) in [6.45, 7) is 1.98. The lowest BCUT2D eigenvalue weighted by molar-refractivity contribution is 0.0679. The number of carbonyl (C=O) groups is 1. The van der Waals surface area contributed by atoms with Gasteiger partial charge >= 0.3 is 0 Å². The second-order valence-corrected chi connectivity index (χ2v) is 6.17. The average molecular weight is 332 g/mol. The molecule has 23 heavy (non-hydrogen) atoms. The van der Waals surface area contributed by atoms with Gasteiger partial charge in [0.05, 0.1) is 17.3 Å².